The molecule has 0 aliphatic rings. The fraction of sp³-hybridized carbons (Fsp3) is 0. The Morgan fingerprint density at radius 2 is 0.929 bits per heavy atom. The minimum absolute atomic E-state index is 0. The van der Waals surface area contributed by atoms with Crippen LogP contribution in [-0.2, 0) is 21.1 Å². The molecular weight excluding hydrogens is 370 g/mol. The molecule has 0 aromatic heterocycles. The zero-order chi connectivity index (χ0) is 8.93. The molecule has 0 aliphatic carbocycles. The number of hydrogen-bond acceptors (Lipinski definition) is 0. The van der Waals surface area contributed by atoms with Gasteiger partial charge in [0.25, 0.3) is 0 Å². The molecule has 14 heavy (non-hydrogen) atoms. The van der Waals surface area contributed by atoms with E-state index in [0.29, 0.717) is 0 Å². The van der Waals surface area contributed by atoms with E-state index < -0.39 is 0 Å². The Morgan fingerprint density at radius 1 is 0.571 bits per heavy atom. The SMILES string of the molecule is [Pt].c1ccc(Pc2ccccc2)cc1. The van der Waals surface area contributed by atoms with Crippen molar-refractivity contribution in [3.63, 3.8) is 0 Å². The first kappa shape index (κ1) is 11.6. The van der Waals surface area contributed by atoms with Gasteiger partial charge in [-0.1, -0.05) is 69.2 Å². The van der Waals surface area contributed by atoms with E-state index in [4.69, 9.17) is 0 Å². The molecule has 0 amide bonds. The van der Waals surface area contributed by atoms with Crippen LogP contribution in [0.25, 0.3) is 0 Å². The largest absolute Gasteiger partial charge is 0.0622 e. The summed E-state index contributed by atoms with van der Waals surface area (Å²) >= 11 is 0. The second-order valence-electron chi connectivity index (χ2n) is 2.86. The maximum atomic E-state index is 2.17. The molecular formula is C12H11PPt. The summed E-state index contributed by atoms with van der Waals surface area (Å²) in [5.74, 6) is 0. The molecule has 0 spiro atoms. The average molecular weight is 381 g/mol. The van der Waals surface area contributed by atoms with Crippen LogP contribution in [0.4, 0.5) is 0 Å². The van der Waals surface area contributed by atoms with Crippen LogP contribution in [0.2, 0.25) is 0 Å². The minimum Gasteiger partial charge on any atom is -0.0622 e. The van der Waals surface area contributed by atoms with Crippen molar-refractivity contribution in [1.29, 1.82) is 0 Å². The summed E-state index contributed by atoms with van der Waals surface area (Å²) < 4.78 is 0. The van der Waals surface area contributed by atoms with Crippen molar-refractivity contribution in [2.45, 2.75) is 0 Å². The molecule has 0 nitrogen and oxygen atoms in total. The van der Waals surface area contributed by atoms with Gasteiger partial charge in [-0.05, 0) is 10.6 Å². The molecule has 0 unspecified atom stereocenters. The van der Waals surface area contributed by atoms with Gasteiger partial charge in [0.15, 0.2) is 0 Å². The normalized spacial score (nSPS) is 9.14. The summed E-state index contributed by atoms with van der Waals surface area (Å²) in [6, 6.07) is 21.2. The van der Waals surface area contributed by atoms with Gasteiger partial charge in [-0.3, -0.25) is 0 Å². The Labute approximate surface area is 101 Å². The van der Waals surface area contributed by atoms with Gasteiger partial charge in [0.1, 0.15) is 0 Å². The first-order valence-electron chi connectivity index (χ1n) is 4.32. The van der Waals surface area contributed by atoms with Gasteiger partial charge in [-0.2, -0.15) is 0 Å². The molecule has 0 saturated carbocycles. The van der Waals surface area contributed by atoms with Crippen LogP contribution < -0.4 is 10.6 Å². The molecule has 2 rings (SSSR count). The van der Waals surface area contributed by atoms with E-state index in [1.807, 2.05) is 0 Å². The molecule has 0 saturated heterocycles. The molecule has 2 heteroatoms. The topological polar surface area (TPSA) is 0 Å². The fourth-order valence-electron chi connectivity index (χ4n) is 1.21. The minimum atomic E-state index is 0. The van der Waals surface area contributed by atoms with Crippen molar-refractivity contribution in [2.75, 3.05) is 0 Å². The third kappa shape index (κ3) is 3.37. The maximum absolute atomic E-state index is 2.17. The van der Waals surface area contributed by atoms with Crippen LogP contribution in [0.3, 0.4) is 0 Å². The number of benzene rings is 2. The van der Waals surface area contributed by atoms with Crippen LogP contribution in [0.15, 0.2) is 60.7 Å². The van der Waals surface area contributed by atoms with E-state index in [9.17, 15) is 0 Å². The van der Waals surface area contributed by atoms with E-state index in [1.54, 1.807) is 0 Å². The van der Waals surface area contributed by atoms with Crippen molar-refractivity contribution in [1.82, 2.24) is 0 Å². The Morgan fingerprint density at radius 3 is 1.29 bits per heavy atom. The van der Waals surface area contributed by atoms with Crippen LogP contribution in [0.1, 0.15) is 0 Å². The van der Waals surface area contributed by atoms with Gasteiger partial charge in [0.2, 0.25) is 0 Å². The predicted octanol–water partition coefficient (Wildman–Crippen LogP) is 2.31. The smallest absolute Gasteiger partial charge is 0 e. The first-order chi connectivity index (χ1) is 6.45. The van der Waals surface area contributed by atoms with Gasteiger partial charge in [-0.25, -0.2) is 0 Å². The summed E-state index contributed by atoms with van der Waals surface area (Å²) in [4.78, 5) is 0. The second-order valence-corrected chi connectivity index (χ2v) is 4.26. The Hall–Kier alpha value is -0.442. The zero-order valence-corrected chi connectivity index (χ0v) is 10.9. The maximum Gasteiger partial charge on any atom is 0 e. The summed E-state index contributed by atoms with van der Waals surface area (Å²) in [6.45, 7) is 0. The summed E-state index contributed by atoms with van der Waals surface area (Å²) in [7, 11) is 0.777. The van der Waals surface area contributed by atoms with Gasteiger partial charge in [0.05, 0.1) is 0 Å². The Bertz CT molecular complexity index is 321. The van der Waals surface area contributed by atoms with Crippen LogP contribution in [0.5, 0.6) is 0 Å². The Kier molecular flexibility index (Phi) is 5.08. The Balaban J connectivity index is 0.000000980. The van der Waals surface area contributed by atoms with Crippen molar-refractivity contribution < 1.29 is 21.1 Å². The van der Waals surface area contributed by atoms with Crippen LogP contribution in [0, 0.1) is 0 Å². The third-order valence-electron chi connectivity index (χ3n) is 1.84. The van der Waals surface area contributed by atoms with Crippen molar-refractivity contribution in [2.24, 2.45) is 0 Å². The van der Waals surface area contributed by atoms with E-state index in [1.165, 1.54) is 10.6 Å². The number of hydrogen-bond donors (Lipinski definition) is 0. The summed E-state index contributed by atoms with van der Waals surface area (Å²) in [5, 5.41) is 2.79. The molecule has 2 aromatic rings. The molecule has 0 radical (unpaired) electrons. The van der Waals surface area contributed by atoms with Gasteiger partial charge >= 0.3 is 0 Å². The molecule has 0 N–H and O–H groups in total. The van der Waals surface area contributed by atoms with Gasteiger partial charge < -0.3 is 0 Å². The van der Waals surface area contributed by atoms with E-state index in [-0.39, 0.29) is 21.1 Å². The monoisotopic (exact) mass is 381 g/mol. The third-order valence-corrected chi connectivity index (χ3v) is 3.08. The number of rotatable bonds is 2. The molecule has 0 bridgehead atoms. The van der Waals surface area contributed by atoms with Crippen molar-refractivity contribution in [3.05, 3.63) is 60.7 Å². The fourth-order valence-corrected chi connectivity index (χ4v) is 2.26. The average Bonchev–Trinajstić information content (AvgIpc) is 2.21. The molecule has 0 atom stereocenters. The quantitative estimate of drug-likeness (QED) is 0.701. The van der Waals surface area contributed by atoms with E-state index in [2.05, 4.69) is 60.7 Å². The molecule has 0 fully saturated rings. The summed E-state index contributed by atoms with van der Waals surface area (Å²) in [5.41, 5.74) is 0. The first-order valence-corrected chi connectivity index (χ1v) is 5.32. The van der Waals surface area contributed by atoms with Crippen molar-refractivity contribution in [3.8, 4) is 0 Å². The van der Waals surface area contributed by atoms with Crippen LogP contribution >= 0.6 is 8.58 Å². The molecule has 0 aliphatic heterocycles. The van der Waals surface area contributed by atoms with Gasteiger partial charge in [0, 0.05) is 21.1 Å². The molecule has 74 valence electrons. The van der Waals surface area contributed by atoms with E-state index >= 15 is 0 Å². The standard InChI is InChI=1S/C12H11P.Pt/c1-3-7-11(8-4-1)13-12-9-5-2-6-10-12;/h1-10,13H;. The predicted molar refractivity (Wildman–Crippen MR) is 60.5 cm³/mol. The van der Waals surface area contributed by atoms with Crippen molar-refractivity contribution >= 4 is 19.2 Å². The second kappa shape index (κ2) is 6.12. The van der Waals surface area contributed by atoms with Crippen LogP contribution in [-0.4, -0.2) is 0 Å². The summed E-state index contributed by atoms with van der Waals surface area (Å²) in [6.07, 6.45) is 0. The zero-order valence-electron chi connectivity index (χ0n) is 7.59. The molecule has 2 aromatic carbocycles. The van der Waals surface area contributed by atoms with E-state index in [0.717, 1.165) is 8.58 Å². The van der Waals surface area contributed by atoms with Gasteiger partial charge in [-0.15, -0.1) is 0 Å². The molecule has 0 heterocycles.